The molecular weight excluding hydrogens is 462 g/mol. The number of aryl methyl sites for hydroxylation is 1. The molecule has 0 unspecified atom stereocenters. The van der Waals surface area contributed by atoms with Gasteiger partial charge in [0.1, 0.15) is 6.61 Å². The van der Waals surface area contributed by atoms with Crippen molar-refractivity contribution in [3.05, 3.63) is 68.6 Å². The lowest BCUT2D eigenvalue weighted by Gasteiger charge is -2.06. The zero-order valence-corrected chi connectivity index (χ0v) is 19.0. The maximum atomic E-state index is 12.3. The third-order valence-electron chi connectivity index (χ3n) is 4.17. The van der Waals surface area contributed by atoms with Gasteiger partial charge in [0.05, 0.1) is 15.5 Å². The van der Waals surface area contributed by atoms with Gasteiger partial charge in [-0.15, -0.1) is 10.2 Å². The molecule has 1 aromatic heterocycles. The highest BCUT2D eigenvalue weighted by atomic mass is 35.5. The predicted molar refractivity (Wildman–Crippen MR) is 117 cm³/mol. The summed E-state index contributed by atoms with van der Waals surface area (Å²) in [5.41, 5.74) is 1.82. The van der Waals surface area contributed by atoms with Crippen LogP contribution in [0.4, 0.5) is 5.69 Å². The highest BCUT2D eigenvalue weighted by Gasteiger charge is 2.18. The quantitative estimate of drug-likeness (QED) is 0.513. The lowest BCUT2D eigenvalue weighted by atomic mass is 10.1. The minimum Gasteiger partial charge on any atom is -0.455 e. The number of hydrogen-bond acceptors (Lipinski definition) is 8. The third-order valence-corrected chi connectivity index (χ3v) is 6.65. The average molecular weight is 480 g/mol. The van der Waals surface area contributed by atoms with Gasteiger partial charge >= 0.3 is 5.97 Å². The molecule has 0 bridgehead atoms. The van der Waals surface area contributed by atoms with E-state index in [1.54, 1.807) is 12.1 Å². The van der Waals surface area contributed by atoms with E-state index in [4.69, 9.17) is 16.3 Å². The first kappa shape index (κ1) is 22.9. The van der Waals surface area contributed by atoms with Gasteiger partial charge in [-0.05, 0) is 42.3 Å². The molecule has 0 spiro atoms. The summed E-state index contributed by atoms with van der Waals surface area (Å²) in [5, 5.41) is 10.9. The van der Waals surface area contributed by atoms with Crippen LogP contribution in [0, 0.1) is 0 Å². The summed E-state index contributed by atoms with van der Waals surface area (Å²) >= 11 is 6.86. The van der Waals surface area contributed by atoms with Crippen LogP contribution in [0.15, 0.2) is 47.4 Å². The molecule has 162 valence electrons. The van der Waals surface area contributed by atoms with Gasteiger partial charge in [-0.3, -0.25) is 4.79 Å². The van der Waals surface area contributed by atoms with Gasteiger partial charge in [0.15, 0.2) is 14.8 Å². The number of hydrogen-bond donors (Lipinski definition) is 1. The fourth-order valence-corrected chi connectivity index (χ4v) is 4.49. The van der Waals surface area contributed by atoms with Crippen LogP contribution in [0.3, 0.4) is 0 Å². The zero-order valence-electron chi connectivity index (χ0n) is 16.6. The Morgan fingerprint density at radius 1 is 1.13 bits per heavy atom. The first-order valence-corrected chi connectivity index (χ1v) is 12.2. The second-order valence-electron chi connectivity index (χ2n) is 6.50. The number of esters is 1. The summed E-state index contributed by atoms with van der Waals surface area (Å²) in [6.45, 7) is 1.83. The van der Waals surface area contributed by atoms with E-state index in [1.165, 1.54) is 12.1 Å². The van der Waals surface area contributed by atoms with Crippen LogP contribution in [-0.4, -0.2) is 36.7 Å². The topological polar surface area (TPSA) is 115 Å². The summed E-state index contributed by atoms with van der Waals surface area (Å²) in [4.78, 5) is 24.4. The molecule has 3 rings (SSSR count). The van der Waals surface area contributed by atoms with Gasteiger partial charge in [0.25, 0.3) is 5.91 Å². The molecule has 1 amide bonds. The number of sulfone groups is 1. The van der Waals surface area contributed by atoms with Gasteiger partial charge < -0.3 is 10.1 Å². The Morgan fingerprint density at radius 3 is 2.48 bits per heavy atom. The number of carbonyl (C=O) groups is 2. The molecule has 1 N–H and O–H groups in total. The number of benzene rings is 2. The van der Waals surface area contributed by atoms with Crippen molar-refractivity contribution in [3.8, 4) is 0 Å². The number of amides is 1. The standard InChI is InChI=1S/C20H18ClN3O5S2/c1-3-12-4-7-14(8-5-12)22-18(25)19-24-23-17(30-19)11-29-20(26)13-6-9-15(21)16(10-13)31(2,27)28/h4-10H,3,11H2,1-2H3,(H,22,25). The molecule has 0 radical (unpaired) electrons. The van der Waals surface area contributed by atoms with Crippen molar-refractivity contribution in [2.24, 2.45) is 0 Å². The van der Waals surface area contributed by atoms with E-state index in [9.17, 15) is 18.0 Å². The Kier molecular flexibility index (Phi) is 7.04. The van der Waals surface area contributed by atoms with Crippen molar-refractivity contribution >= 4 is 50.3 Å². The highest BCUT2D eigenvalue weighted by Crippen LogP contribution is 2.23. The van der Waals surface area contributed by atoms with Crippen LogP contribution >= 0.6 is 22.9 Å². The Bertz CT molecular complexity index is 1220. The van der Waals surface area contributed by atoms with E-state index in [-0.39, 0.29) is 27.1 Å². The van der Waals surface area contributed by atoms with Crippen molar-refractivity contribution in [2.45, 2.75) is 24.8 Å². The monoisotopic (exact) mass is 479 g/mol. The largest absolute Gasteiger partial charge is 0.455 e. The van der Waals surface area contributed by atoms with Crippen molar-refractivity contribution in [3.63, 3.8) is 0 Å². The normalized spacial score (nSPS) is 11.2. The number of nitrogens with zero attached hydrogens (tertiary/aromatic N) is 2. The number of nitrogens with one attached hydrogen (secondary N) is 1. The van der Waals surface area contributed by atoms with Gasteiger partial charge in [-0.1, -0.05) is 42.0 Å². The van der Waals surface area contributed by atoms with Gasteiger partial charge in [0, 0.05) is 11.9 Å². The van der Waals surface area contributed by atoms with Gasteiger partial charge in [-0.25, -0.2) is 13.2 Å². The van der Waals surface area contributed by atoms with E-state index in [2.05, 4.69) is 15.5 Å². The van der Waals surface area contributed by atoms with E-state index in [0.717, 1.165) is 35.6 Å². The number of carbonyl (C=O) groups excluding carboxylic acids is 2. The fraction of sp³-hybridized carbons (Fsp3) is 0.200. The van der Waals surface area contributed by atoms with Crippen LogP contribution in [-0.2, 0) is 27.6 Å². The Balaban J connectivity index is 1.62. The lowest BCUT2D eigenvalue weighted by Crippen LogP contribution is -2.11. The molecule has 0 saturated heterocycles. The Morgan fingerprint density at radius 2 is 1.84 bits per heavy atom. The second-order valence-corrected chi connectivity index (χ2v) is 9.95. The van der Waals surface area contributed by atoms with E-state index in [0.29, 0.717) is 10.7 Å². The molecule has 0 aliphatic rings. The third kappa shape index (κ3) is 5.87. The number of anilines is 1. The summed E-state index contributed by atoms with van der Waals surface area (Å²) in [6, 6.07) is 11.3. The van der Waals surface area contributed by atoms with E-state index >= 15 is 0 Å². The smallest absolute Gasteiger partial charge is 0.338 e. The minimum atomic E-state index is -3.60. The predicted octanol–water partition coefficient (Wildman–Crippen LogP) is 3.77. The second kappa shape index (κ2) is 9.54. The van der Waals surface area contributed by atoms with Gasteiger partial charge in [0.2, 0.25) is 5.01 Å². The van der Waals surface area contributed by atoms with Crippen LogP contribution < -0.4 is 5.32 Å². The number of rotatable bonds is 7. The Labute approximate surface area is 188 Å². The highest BCUT2D eigenvalue weighted by molar-refractivity contribution is 7.90. The van der Waals surface area contributed by atoms with Crippen molar-refractivity contribution < 1.29 is 22.7 Å². The molecule has 11 heteroatoms. The molecule has 2 aromatic carbocycles. The molecule has 31 heavy (non-hydrogen) atoms. The average Bonchev–Trinajstić information content (AvgIpc) is 3.21. The Hall–Kier alpha value is -2.82. The molecule has 0 saturated carbocycles. The maximum absolute atomic E-state index is 12.3. The maximum Gasteiger partial charge on any atom is 0.338 e. The molecule has 8 nitrogen and oxygen atoms in total. The van der Waals surface area contributed by atoms with Crippen molar-refractivity contribution in [1.29, 1.82) is 0 Å². The fourth-order valence-electron chi connectivity index (χ4n) is 2.54. The molecule has 0 aliphatic heterocycles. The number of ether oxygens (including phenoxy) is 1. The summed E-state index contributed by atoms with van der Waals surface area (Å²) in [6.07, 6.45) is 1.90. The van der Waals surface area contributed by atoms with Crippen LogP contribution in [0.2, 0.25) is 5.02 Å². The number of aromatic nitrogens is 2. The summed E-state index contributed by atoms with van der Waals surface area (Å²) < 4.78 is 28.7. The van der Waals surface area contributed by atoms with Gasteiger partial charge in [-0.2, -0.15) is 0 Å². The van der Waals surface area contributed by atoms with E-state index < -0.39 is 21.7 Å². The first-order valence-electron chi connectivity index (χ1n) is 9.06. The molecule has 1 heterocycles. The SMILES string of the molecule is CCc1ccc(NC(=O)c2nnc(COC(=O)c3ccc(Cl)c(S(C)(=O)=O)c3)s2)cc1. The molecule has 3 aromatic rings. The van der Waals surface area contributed by atoms with Crippen LogP contribution in [0.25, 0.3) is 0 Å². The summed E-state index contributed by atoms with van der Waals surface area (Å²) in [5.74, 6) is -1.17. The van der Waals surface area contributed by atoms with Crippen LogP contribution in [0.1, 0.15) is 37.7 Å². The summed E-state index contributed by atoms with van der Waals surface area (Å²) in [7, 11) is -3.60. The minimum absolute atomic E-state index is 0.0168. The number of halogens is 1. The lowest BCUT2D eigenvalue weighted by molar-refractivity contribution is 0.0471. The molecule has 0 aliphatic carbocycles. The van der Waals surface area contributed by atoms with Crippen molar-refractivity contribution in [1.82, 2.24) is 10.2 Å². The molecule has 0 fully saturated rings. The first-order chi connectivity index (χ1) is 14.7. The van der Waals surface area contributed by atoms with Crippen LogP contribution in [0.5, 0.6) is 0 Å². The molecule has 0 atom stereocenters. The van der Waals surface area contributed by atoms with E-state index in [1.807, 2.05) is 19.1 Å². The van der Waals surface area contributed by atoms with Crippen molar-refractivity contribution in [2.75, 3.05) is 11.6 Å². The molecular formula is C20H18ClN3O5S2. The zero-order chi connectivity index (χ0) is 22.6.